The van der Waals surface area contributed by atoms with E-state index in [0.717, 1.165) is 25.7 Å². The van der Waals surface area contributed by atoms with E-state index in [1.165, 1.54) is 96.2 Å². The Morgan fingerprint density at radius 2 is 1.19 bits per heavy atom. The van der Waals surface area contributed by atoms with E-state index in [0.29, 0.717) is 12.8 Å². The van der Waals surface area contributed by atoms with Crippen LogP contribution in [0.3, 0.4) is 0 Å². The zero-order valence-corrected chi connectivity index (χ0v) is 20.1. The largest absolute Gasteiger partial charge is 0.481 e. The molecule has 0 aromatic rings. The average molecular weight is 437 g/mol. The van der Waals surface area contributed by atoms with Crippen molar-refractivity contribution in [3.63, 3.8) is 0 Å². The van der Waals surface area contributed by atoms with Crippen LogP contribution in [0, 0.1) is 11.8 Å². The number of ether oxygens (including phenoxy) is 1. The standard InChI is InChI=1S/C27H48O4/c1-2-3-4-5-6-7-8-9-10-11-12-13-14-15-16-17-20-23-31-27(30)25-22-19-18-21-24(25)26(28)29/h20,23-25H,2-19,21-22H2,1H3,(H,28,29)/b23-20+. The number of esters is 1. The number of carbonyl (C=O) groups excluding carboxylic acids is 1. The zero-order valence-electron chi connectivity index (χ0n) is 20.1. The Balaban J connectivity index is 1.88. The summed E-state index contributed by atoms with van der Waals surface area (Å²) in [7, 11) is 0. The summed E-state index contributed by atoms with van der Waals surface area (Å²) < 4.78 is 5.20. The number of allylic oxidation sites excluding steroid dienone is 1. The van der Waals surface area contributed by atoms with Gasteiger partial charge in [-0.15, -0.1) is 0 Å². The second-order valence-electron chi connectivity index (χ2n) is 9.38. The second-order valence-corrected chi connectivity index (χ2v) is 9.38. The predicted molar refractivity (Wildman–Crippen MR) is 128 cm³/mol. The Kier molecular flexibility index (Phi) is 17.3. The van der Waals surface area contributed by atoms with E-state index in [1.807, 2.05) is 6.08 Å². The molecule has 180 valence electrons. The van der Waals surface area contributed by atoms with Gasteiger partial charge in [-0.3, -0.25) is 9.59 Å². The molecule has 0 saturated heterocycles. The molecule has 0 aromatic carbocycles. The summed E-state index contributed by atoms with van der Waals surface area (Å²) in [4.78, 5) is 23.4. The highest BCUT2D eigenvalue weighted by Gasteiger charge is 2.36. The molecule has 2 unspecified atom stereocenters. The fourth-order valence-corrected chi connectivity index (χ4v) is 4.61. The van der Waals surface area contributed by atoms with Crippen molar-refractivity contribution in [1.82, 2.24) is 0 Å². The van der Waals surface area contributed by atoms with Gasteiger partial charge in [0.05, 0.1) is 18.1 Å². The van der Waals surface area contributed by atoms with Gasteiger partial charge in [0.15, 0.2) is 0 Å². The summed E-state index contributed by atoms with van der Waals surface area (Å²) in [5.41, 5.74) is 0. The monoisotopic (exact) mass is 436 g/mol. The molecule has 0 spiro atoms. The molecule has 2 atom stereocenters. The van der Waals surface area contributed by atoms with Gasteiger partial charge in [-0.1, -0.05) is 110 Å². The highest BCUT2D eigenvalue weighted by molar-refractivity contribution is 5.81. The van der Waals surface area contributed by atoms with Gasteiger partial charge in [0, 0.05) is 0 Å². The van der Waals surface area contributed by atoms with Crippen LogP contribution < -0.4 is 0 Å². The van der Waals surface area contributed by atoms with Gasteiger partial charge in [-0.05, 0) is 31.8 Å². The minimum absolute atomic E-state index is 0.375. The quantitative estimate of drug-likeness (QED) is 0.126. The Labute approximate surface area is 191 Å². The molecule has 4 nitrogen and oxygen atoms in total. The molecular formula is C27H48O4. The van der Waals surface area contributed by atoms with E-state index in [4.69, 9.17) is 4.74 Å². The molecule has 1 aliphatic rings. The van der Waals surface area contributed by atoms with E-state index in [2.05, 4.69) is 6.92 Å². The van der Waals surface area contributed by atoms with Crippen molar-refractivity contribution >= 4 is 11.9 Å². The highest BCUT2D eigenvalue weighted by atomic mass is 16.5. The molecule has 31 heavy (non-hydrogen) atoms. The first kappa shape index (κ1) is 27.7. The van der Waals surface area contributed by atoms with Crippen LogP contribution in [0.2, 0.25) is 0 Å². The second kappa shape index (κ2) is 19.4. The minimum atomic E-state index is -0.872. The third-order valence-corrected chi connectivity index (χ3v) is 6.64. The fraction of sp³-hybridized carbons (Fsp3) is 0.852. The van der Waals surface area contributed by atoms with Gasteiger partial charge in [-0.2, -0.15) is 0 Å². The lowest BCUT2D eigenvalue weighted by Gasteiger charge is -2.25. The van der Waals surface area contributed by atoms with Gasteiger partial charge >= 0.3 is 11.9 Å². The molecule has 1 fully saturated rings. The summed E-state index contributed by atoms with van der Waals surface area (Å²) in [6.45, 7) is 2.27. The molecule has 0 aliphatic heterocycles. The summed E-state index contributed by atoms with van der Waals surface area (Å²) >= 11 is 0. The van der Waals surface area contributed by atoms with Gasteiger partial charge in [0.2, 0.25) is 0 Å². The molecule has 0 radical (unpaired) electrons. The third-order valence-electron chi connectivity index (χ3n) is 6.64. The van der Waals surface area contributed by atoms with Crippen LogP contribution in [0.15, 0.2) is 12.3 Å². The van der Waals surface area contributed by atoms with E-state index in [1.54, 1.807) is 0 Å². The minimum Gasteiger partial charge on any atom is -0.481 e. The van der Waals surface area contributed by atoms with Crippen molar-refractivity contribution in [2.75, 3.05) is 0 Å². The number of hydrogen-bond acceptors (Lipinski definition) is 3. The van der Waals surface area contributed by atoms with Crippen LogP contribution in [0.1, 0.15) is 135 Å². The molecule has 1 N–H and O–H groups in total. The lowest BCUT2D eigenvalue weighted by atomic mass is 9.79. The Morgan fingerprint density at radius 3 is 1.68 bits per heavy atom. The Hall–Kier alpha value is -1.32. The first-order valence-corrected chi connectivity index (χ1v) is 13.2. The molecule has 4 heteroatoms. The lowest BCUT2D eigenvalue weighted by molar-refractivity contribution is -0.156. The van der Waals surface area contributed by atoms with Crippen LogP contribution in [0.25, 0.3) is 0 Å². The first-order valence-electron chi connectivity index (χ1n) is 13.2. The topological polar surface area (TPSA) is 63.6 Å². The van der Waals surface area contributed by atoms with Crippen molar-refractivity contribution in [2.24, 2.45) is 11.8 Å². The summed E-state index contributed by atoms with van der Waals surface area (Å²) in [6.07, 6.45) is 27.6. The molecule has 0 heterocycles. The Morgan fingerprint density at radius 1 is 0.742 bits per heavy atom. The van der Waals surface area contributed by atoms with Gasteiger partial charge in [0.1, 0.15) is 0 Å². The summed E-state index contributed by atoms with van der Waals surface area (Å²) in [5, 5.41) is 9.26. The van der Waals surface area contributed by atoms with Crippen LogP contribution in [-0.4, -0.2) is 17.0 Å². The third kappa shape index (κ3) is 14.4. The maximum Gasteiger partial charge on any atom is 0.314 e. The van der Waals surface area contributed by atoms with Gasteiger partial charge in [-0.25, -0.2) is 0 Å². The molecule has 0 aromatic heterocycles. The molecule has 1 rings (SSSR count). The number of carboxylic acids is 1. The lowest BCUT2D eigenvalue weighted by Crippen LogP contribution is -2.33. The van der Waals surface area contributed by atoms with Crippen molar-refractivity contribution in [1.29, 1.82) is 0 Å². The van der Waals surface area contributed by atoms with Crippen LogP contribution >= 0.6 is 0 Å². The molecular weight excluding hydrogens is 388 g/mol. The molecule has 1 aliphatic carbocycles. The van der Waals surface area contributed by atoms with Crippen molar-refractivity contribution in [3.8, 4) is 0 Å². The Bertz CT molecular complexity index is 486. The number of hydrogen-bond donors (Lipinski definition) is 1. The molecule has 0 amide bonds. The normalized spacial score (nSPS) is 19.0. The van der Waals surface area contributed by atoms with Crippen LogP contribution in [0.4, 0.5) is 0 Å². The van der Waals surface area contributed by atoms with E-state index in [-0.39, 0.29) is 5.97 Å². The fourth-order valence-electron chi connectivity index (χ4n) is 4.61. The SMILES string of the molecule is CCCCCCCCCCCCCCCCC/C=C/OC(=O)C1CCCCC1C(=O)O. The van der Waals surface area contributed by atoms with Gasteiger partial charge < -0.3 is 9.84 Å². The van der Waals surface area contributed by atoms with Crippen LogP contribution in [-0.2, 0) is 14.3 Å². The molecule has 0 bridgehead atoms. The number of carbonyl (C=O) groups is 2. The maximum atomic E-state index is 12.1. The zero-order chi connectivity index (χ0) is 22.6. The maximum absolute atomic E-state index is 12.1. The molecule has 1 saturated carbocycles. The number of rotatable bonds is 19. The van der Waals surface area contributed by atoms with Crippen molar-refractivity contribution in [3.05, 3.63) is 12.3 Å². The number of carboxylic acid groups (broad SMARTS) is 1. The summed E-state index contributed by atoms with van der Waals surface area (Å²) in [5.74, 6) is -2.31. The smallest absolute Gasteiger partial charge is 0.314 e. The number of aliphatic carboxylic acids is 1. The van der Waals surface area contributed by atoms with Gasteiger partial charge in [0.25, 0.3) is 0 Å². The predicted octanol–water partition coefficient (Wildman–Crippen LogP) is 8.20. The van der Waals surface area contributed by atoms with Crippen LogP contribution in [0.5, 0.6) is 0 Å². The van der Waals surface area contributed by atoms with Crippen molar-refractivity contribution < 1.29 is 19.4 Å². The van der Waals surface area contributed by atoms with E-state index < -0.39 is 17.8 Å². The average Bonchev–Trinajstić information content (AvgIpc) is 2.78. The summed E-state index contributed by atoms with van der Waals surface area (Å²) in [6, 6.07) is 0. The first-order chi connectivity index (χ1) is 15.2. The van der Waals surface area contributed by atoms with Crippen molar-refractivity contribution in [2.45, 2.75) is 135 Å². The highest BCUT2D eigenvalue weighted by Crippen LogP contribution is 2.31. The number of unbranched alkanes of at least 4 members (excludes halogenated alkanes) is 15. The van der Waals surface area contributed by atoms with E-state index in [9.17, 15) is 14.7 Å². The van der Waals surface area contributed by atoms with E-state index >= 15 is 0 Å².